The molecule has 9 heteroatoms. The summed E-state index contributed by atoms with van der Waals surface area (Å²) in [5.74, 6) is 2.03. The van der Waals surface area contributed by atoms with Crippen LogP contribution in [0.5, 0.6) is 0 Å². The van der Waals surface area contributed by atoms with Gasteiger partial charge in [-0.2, -0.15) is 5.10 Å². The highest BCUT2D eigenvalue weighted by atomic mass is 32.2. The number of rotatable bonds is 10. The van der Waals surface area contributed by atoms with Crippen LogP contribution in [0.1, 0.15) is 32.6 Å². The second-order valence-electron chi connectivity index (χ2n) is 6.58. The minimum absolute atomic E-state index is 0.169. The zero-order valence-corrected chi connectivity index (χ0v) is 16.8. The first-order chi connectivity index (χ1) is 13.2. The Bertz CT molecular complexity index is 760. The number of ether oxygens (including phenoxy) is 1. The van der Waals surface area contributed by atoms with E-state index >= 15 is 0 Å². The summed E-state index contributed by atoms with van der Waals surface area (Å²) >= 11 is 1.60. The quantitative estimate of drug-likeness (QED) is 0.364. The Morgan fingerprint density at radius 3 is 2.89 bits per heavy atom. The third-order valence-corrected chi connectivity index (χ3v) is 5.43. The third-order valence-electron chi connectivity index (χ3n) is 4.70. The lowest BCUT2D eigenvalue weighted by atomic mass is 10.1. The summed E-state index contributed by atoms with van der Waals surface area (Å²) in [7, 11) is 1.67. The molecule has 1 aliphatic rings. The van der Waals surface area contributed by atoms with Gasteiger partial charge >= 0.3 is 0 Å². The van der Waals surface area contributed by atoms with Crippen LogP contribution in [0, 0.1) is 5.92 Å². The molecule has 2 N–H and O–H groups in total. The van der Waals surface area contributed by atoms with Crippen molar-refractivity contribution in [2.24, 2.45) is 5.92 Å². The number of methoxy groups -OCH3 is 1. The fourth-order valence-corrected chi connectivity index (χ4v) is 3.88. The number of thioether (sulfide) groups is 1. The Morgan fingerprint density at radius 1 is 1.33 bits per heavy atom. The number of fused-ring (bicyclic) bond motifs is 1. The molecule has 1 amide bonds. The van der Waals surface area contributed by atoms with Gasteiger partial charge in [-0.1, -0.05) is 31.5 Å². The molecule has 0 bridgehead atoms. The maximum absolute atomic E-state index is 12.2. The van der Waals surface area contributed by atoms with E-state index in [4.69, 9.17) is 4.74 Å². The normalized spacial score (nSPS) is 14.7. The van der Waals surface area contributed by atoms with Crippen molar-refractivity contribution in [3.05, 3.63) is 6.20 Å². The number of carbonyl (C=O) groups is 1. The molecule has 0 aliphatic heterocycles. The van der Waals surface area contributed by atoms with Gasteiger partial charge in [-0.05, 0) is 18.6 Å². The molecule has 8 nitrogen and oxygen atoms in total. The van der Waals surface area contributed by atoms with Crippen LogP contribution in [0.15, 0.2) is 11.4 Å². The third kappa shape index (κ3) is 5.10. The Morgan fingerprint density at radius 2 is 2.15 bits per heavy atom. The SMILES string of the molecule is CCSc1nc(NCCOC)c2cnn(CCNC(=O)C3CCCC3)c2n1. The van der Waals surface area contributed by atoms with Gasteiger partial charge in [0.05, 0.1) is 24.7 Å². The largest absolute Gasteiger partial charge is 0.383 e. The van der Waals surface area contributed by atoms with Crippen molar-refractivity contribution >= 4 is 34.5 Å². The summed E-state index contributed by atoms with van der Waals surface area (Å²) in [6.45, 7) is 4.49. The first-order valence-electron chi connectivity index (χ1n) is 9.59. The van der Waals surface area contributed by atoms with E-state index in [2.05, 4.69) is 32.6 Å². The second-order valence-corrected chi connectivity index (χ2v) is 7.82. The summed E-state index contributed by atoms with van der Waals surface area (Å²) in [6.07, 6.45) is 6.13. The fourth-order valence-electron chi connectivity index (χ4n) is 3.32. The van der Waals surface area contributed by atoms with E-state index < -0.39 is 0 Å². The van der Waals surface area contributed by atoms with E-state index in [1.54, 1.807) is 25.1 Å². The summed E-state index contributed by atoms with van der Waals surface area (Å²) in [6, 6.07) is 0. The van der Waals surface area contributed by atoms with Crippen molar-refractivity contribution in [2.45, 2.75) is 44.3 Å². The van der Waals surface area contributed by atoms with Gasteiger partial charge in [0.25, 0.3) is 0 Å². The molecule has 2 aromatic heterocycles. The Hall–Kier alpha value is -1.87. The molecular weight excluding hydrogens is 364 g/mol. The monoisotopic (exact) mass is 392 g/mol. The number of carbonyl (C=O) groups excluding carboxylic acids is 1. The highest BCUT2D eigenvalue weighted by molar-refractivity contribution is 7.99. The molecule has 27 heavy (non-hydrogen) atoms. The average molecular weight is 393 g/mol. The molecule has 2 aromatic rings. The van der Waals surface area contributed by atoms with Crippen LogP contribution in [0.2, 0.25) is 0 Å². The molecule has 0 radical (unpaired) electrons. The van der Waals surface area contributed by atoms with Crippen LogP contribution >= 0.6 is 11.8 Å². The van der Waals surface area contributed by atoms with Crippen LogP contribution in [-0.4, -0.2) is 58.2 Å². The van der Waals surface area contributed by atoms with Crippen molar-refractivity contribution in [3.8, 4) is 0 Å². The Balaban J connectivity index is 1.70. The molecule has 148 valence electrons. The number of anilines is 1. The maximum atomic E-state index is 12.2. The highest BCUT2D eigenvalue weighted by Crippen LogP contribution is 2.25. The van der Waals surface area contributed by atoms with Crippen molar-refractivity contribution in [2.75, 3.05) is 37.9 Å². The van der Waals surface area contributed by atoms with Gasteiger partial charge in [0.2, 0.25) is 5.91 Å². The van der Waals surface area contributed by atoms with Gasteiger partial charge in [0.1, 0.15) is 5.82 Å². The molecule has 0 unspecified atom stereocenters. The van der Waals surface area contributed by atoms with E-state index in [-0.39, 0.29) is 11.8 Å². The average Bonchev–Trinajstić information content (AvgIpc) is 3.33. The van der Waals surface area contributed by atoms with E-state index in [0.29, 0.717) is 26.2 Å². The number of aromatic nitrogens is 4. The number of hydrogen-bond acceptors (Lipinski definition) is 7. The summed E-state index contributed by atoms with van der Waals surface area (Å²) in [5, 5.41) is 12.4. The predicted molar refractivity (Wildman–Crippen MR) is 107 cm³/mol. The lowest BCUT2D eigenvalue weighted by Crippen LogP contribution is -2.32. The van der Waals surface area contributed by atoms with Crippen LogP contribution in [0.25, 0.3) is 11.0 Å². The zero-order valence-electron chi connectivity index (χ0n) is 16.0. The molecule has 1 fully saturated rings. The number of nitrogens with one attached hydrogen (secondary N) is 2. The standard InChI is InChI=1S/C18H28N6O2S/c1-3-27-18-22-15(19-9-11-26-2)14-12-21-24(16(14)23-18)10-8-20-17(25)13-6-4-5-7-13/h12-13H,3-11H2,1-2H3,(H,20,25)(H,19,22,23). The molecule has 0 spiro atoms. The molecule has 2 heterocycles. The smallest absolute Gasteiger partial charge is 0.223 e. The van der Waals surface area contributed by atoms with E-state index in [0.717, 1.165) is 53.4 Å². The van der Waals surface area contributed by atoms with Crippen molar-refractivity contribution in [1.29, 1.82) is 0 Å². The van der Waals surface area contributed by atoms with Gasteiger partial charge in [0.15, 0.2) is 10.8 Å². The molecular formula is C18H28N6O2S. The second kappa shape index (κ2) is 9.89. The number of amides is 1. The highest BCUT2D eigenvalue weighted by Gasteiger charge is 2.22. The molecule has 0 atom stereocenters. The lowest BCUT2D eigenvalue weighted by Gasteiger charge is -2.11. The van der Waals surface area contributed by atoms with E-state index in [1.165, 1.54) is 0 Å². The van der Waals surface area contributed by atoms with Gasteiger partial charge in [0, 0.05) is 26.1 Å². The van der Waals surface area contributed by atoms with Crippen LogP contribution in [-0.2, 0) is 16.1 Å². The van der Waals surface area contributed by atoms with E-state index in [1.807, 2.05) is 4.68 Å². The van der Waals surface area contributed by atoms with Crippen LogP contribution in [0.3, 0.4) is 0 Å². The molecule has 3 rings (SSSR count). The first kappa shape index (κ1) is 19.9. The van der Waals surface area contributed by atoms with Crippen molar-refractivity contribution in [3.63, 3.8) is 0 Å². The maximum Gasteiger partial charge on any atom is 0.223 e. The Labute approximate surface area is 163 Å². The topological polar surface area (TPSA) is 94.0 Å². The Kier molecular flexibility index (Phi) is 7.28. The zero-order chi connectivity index (χ0) is 19.1. The van der Waals surface area contributed by atoms with Gasteiger partial charge in [-0.15, -0.1) is 0 Å². The summed E-state index contributed by atoms with van der Waals surface area (Å²) in [5.41, 5.74) is 0.788. The molecule has 1 aliphatic carbocycles. The van der Waals surface area contributed by atoms with Gasteiger partial charge in [-0.25, -0.2) is 14.6 Å². The molecule has 1 saturated carbocycles. The fraction of sp³-hybridized carbons (Fsp3) is 0.667. The summed E-state index contributed by atoms with van der Waals surface area (Å²) in [4.78, 5) is 21.4. The van der Waals surface area contributed by atoms with Crippen molar-refractivity contribution in [1.82, 2.24) is 25.1 Å². The van der Waals surface area contributed by atoms with Crippen LogP contribution in [0.4, 0.5) is 5.82 Å². The predicted octanol–water partition coefficient (Wildman–Crippen LogP) is 2.30. The van der Waals surface area contributed by atoms with Gasteiger partial charge < -0.3 is 15.4 Å². The first-order valence-corrected chi connectivity index (χ1v) is 10.6. The van der Waals surface area contributed by atoms with Gasteiger partial charge in [-0.3, -0.25) is 4.79 Å². The van der Waals surface area contributed by atoms with E-state index in [9.17, 15) is 4.79 Å². The molecule has 0 saturated heterocycles. The number of hydrogen-bond donors (Lipinski definition) is 2. The minimum atomic E-state index is 0.169. The minimum Gasteiger partial charge on any atom is -0.383 e. The molecule has 0 aromatic carbocycles. The van der Waals surface area contributed by atoms with Crippen LogP contribution < -0.4 is 10.6 Å². The number of nitrogens with zero attached hydrogens (tertiary/aromatic N) is 4. The summed E-state index contributed by atoms with van der Waals surface area (Å²) < 4.78 is 6.94. The lowest BCUT2D eigenvalue weighted by molar-refractivity contribution is -0.124. The van der Waals surface area contributed by atoms with Crippen molar-refractivity contribution < 1.29 is 9.53 Å².